The zero-order chi connectivity index (χ0) is 17.8. The molecule has 1 fully saturated rings. The zero-order valence-electron chi connectivity index (χ0n) is 14.3. The molecule has 1 aliphatic heterocycles. The molecule has 1 N–H and O–H groups in total. The molecule has 0 saturated carbocycles. The van der Waals surface area contributed by atoms with Crippen molar-refractivity contribution in [1.82, 2.24) is 4.90 Å². The maximum Gasteiger partial charge on any atom is 0.233 e. The van der Waals surface area contributed by atoms with E-state index in [4.69, 9.17) is 9.47 Å². The molecule has 0 unspecified atom stereocenters. The molecule has 1 aromatic rings. The molecule has 6 nitrogen and oxygen atoms in total. The molecule has 0 bridgehead atoms. The number of likely N-dealkylation sites (tertiary alicyclic amines) is 1. The van der Waals surface area contributed by atoms with Crippen LogP contribution in [-0.4, -0.2) is 48.2 Å². The van der Waals surface area contributed by atoms with Crippen LogP contribution >= 0.6 is 0 Å². The van der Waals surface area contributed by atoms with E-state index in [9.17, 15) is 14.7 Å². The minimum absolute atomic E-state index is 0.0173. The lowest BCUT2D eigenvalue weighted by atomic mass is 9.85. The quantitative estimate of drug-likeness (QED) is 0.599. The first-order chi connectivity index (χ1) is 12.1. The number of benzene rings is 1. The first kappa shape index (κ1) is 17.6. The SMILES string of the molecule is COc1ccccc1COC[C@H](O)CN1C(=O)[C@H]2CC=CC[C@@H]2C1=O. The highest BCUT2D eigenvalue weighted by Gasteiger charge is 2.47. The second-order valence-electron chi connectivity index (χ2n) is 6.42. The Balaban J connectivity index is 1.50. The van der Waals surface area contributed by atoms with Crippen LogP contribution in [0.3, 0.4) is 0 Å². The number of hydrogen-bond acceptors (Lipinski definition) is 5. The number of amides is 2. The number of carbonyl (C=O) groups is 2. The van der Waals surface area contributed by atoms with Gasteiger partial charge in [-0.15, -0.1) is 0 Å². The number of nitrogens with zero attached hydrogens (tertiary/aromatic N) is 1. The van der Waals surface area contributed by atoms with Gasteiger partial charge in [0.2, 0.25) is 11.8 Å². The number of methoxy groups -OCH3 is 1. The summed E-state index contributed by atoms with van der Waals surface area (Å²) in [4.78, 5) is 25.9. The molecule has 0 spiro atoms. The Hall–Kier alpha value is -2.18. The average Bonchev–Trinajstić information content (AvgIpc) is 2.87. The summed E-state index contributed by atoms with van der Waals surface area (Å²) in [6, 6.07) is 7.48. The number of aliphatic hydroxyl groups excluding tert-OH is 1. The van der Waals surface area contributed by atoms with Gasteiger partial charge in [0, 0.05) is 5.56 Å². The van der Waals surface area contributed by atoms with Crippen LogP contribution in [-0.2, 0) is 20.9 Å². The second kappa shape index (κ2) is 7.80. The molecule has 25 heavy (non-hydrogen) atoms. The van der Waals surface area contributed by atoms with Crippen LogP contribution in [0.25, 0.3) is 0 Å². The molecule has 1 heterocycles. The van der Waals surface area contributed by atoms with E-state index >= 15 is 0 Å². The Morgan fingerprint density at radius 1 is 1.16 bits per heavy atom. The minimum atomic E-state index is -0.907. The Morgan fingerprint density at radius 3 is 2.44 bits per heavy atom. The van der Waals surface area contributed by atoms with Crippen molar-refractivity contribution in [3.8, 4) is 5.75 Å². The van der Waals surface area contributed by atoms with Crippen LogP contribution < -0.4 is 4.74 Å². The number of β-amino-alcohol motifs (C(OH)–C–C–N with tert-alkyl or cyclic N) is 1. The summed E-state index contributed by atoms with van der Waals surface area (Å²) in [5, 5.41) is 10.2. The molecule has 3 rings (SSSR count). The number of imide groups is 1. The van der Waals surface area contributed by atoms with Gasteiger partial charge in [0.15, 0.2) is 0 Å². The highest BCUT2D eigenvalue weighted by molar-refractivity contribution is 6.05. The van der Waals surface area contributed by atoms with Crippen molar-refractivity contribution in [3.63, 3.8) is 0 Å². The summed E-state index contributed by atoms with van der Waals surface area (Å²) in [7, 11) is 1.59. The number of rotatable bonds is 7. The molecule has 1 saturated heterocycles. The van der Waals surface area contributed by atoms with E-state index < -0.39 is 6.10 Å². The van der Waals surface area contributed by atoms with E-state index in [0.29, 0.717) is 12.8 Å². The lowest BCUT2D eigenvalue weighted by Gasteiger charge is -2.19. The number of hydrogen-bond donors (Lipinski definition) is 1. The van der Waals surface area contributed by atoms with Gasteiger partial charge in [-0.05, 0) is 18.9 Å². The molecular weight excluding hydrogens is 322 g/mol. The van der Waals surface area contributed by atoms with Crippen molar-refractivity contribution >= 4 is 11.8 Å². The highest BCUT2D eigenvalue weighted by atomic mass is 16.5. The Labute approximate surface area is 147 Å². The molecule has 3 atom stereocenters. The molecule has 1 aliphatic carbocycles. The largest absolute Gasteiger partial charge is 0.496 e. The zero-order valence-corrected chi connectivity index (χ0v) is 14.3. The van der Waals surface area contributed by atoms with Gasteiger partial charge >= 0.3 is 0 Å². The normalized spacial score (nSPS) is 23.7. The van der Waals surface area contributed by atoms with Crippen LogP contribution in [0.1, 0.15) is 18.4 Å². The fourth-order valence-electron chi connectivity index (χ4n) is 3.44. The maximum atomic E-state index is 12.4. The second-order valence-corrected chi connectivity index (χ2v) is 6.42. The number of aliphatic hydroxyl groups is 1. The standard InChI is InChI=1S/C19H23NO5/c1-24-17-9-5-2-6-13(17)11-25-12-14(21)10-20-18(22)15-7-3-4-8-16(15)19(20)23/h2-6,9,14-16,21H,7-8,10-12H2,1H3/t14-,15+,16+/m1/s1. The Bertz CT molecular complexity index is 646. The third-order valence-corrected chi connectivity index (χ3v) is 4.75. The number of carbonyl (C=O) groups excluding carboxylic acids is 2. The van der Waals surface area contributed by atoms with Crippen LogP contribution in [0.5, 0.6) is 5.75 Å². The number of ether oxygens (including phenoxy) is 2. The van der Waals surface area contributed by atoms with Crippen molar-refractivity contribution in [3.05, 3.63) is 42.0 Å². The van der Waals surface area contributed by atoms with Gasteiger partial charge in [-0.3, -0.25) is 14.5 Å². The summed E-state index contributed by atoms with van der Waals surface area (Å²) in [5.41, 5.74) is 0.877. The van der Waals surface area contributed by atoms with Crippen LogP contribution in [0.2, 0.25) is 0 Å². The third kappa shape index (κ3) is 3.75. The smallest absolute Gasteiger partial charge is 0.233 e. The van der Waals surface area contributed by atoms with E-state index in [-0.39, 0.29) is 43.4 Å². The summed E-state index contributed by atoms with van der Waals surface area (Å²) in [6.07, 6.45) is 4.19. The van der Waals surface area contributed by atoms with Crippen molar-refractivity contribution in [2.75, 3.05) is 20.3 Å². The Kier molecular flexibility index (Phi) is 5.50. The van der Waals surface area contributed by atoms with E-state index in [1.165, 1.54) is 4.90 Å². The van der Waals surface area contributed by atoms with Gasteiger partial charge in [-0.2, -0.15) is 0 Å². The van der Waals surface area contributed by atoms with Gasteiger partial charge in [0.05, 0.1) is 44.8 Å². The topological polar surface area (TPSA) is 76.1 Å². The molecular formula is C19H23NO5. The molecule has 0 aromatic heterocycles. The number of allylic oxidation sites excluding steroid dienone is 2. The summed E-state index contributed by atoms with van der Waals surface area (Å²) < 4.78 is 10.8. The first-order valence-corrected chi connectivity index (χ1v) is 8.49. The average molecular weight is 345 g/mol. The van der Waals surface area contributed by atoms with E-state index in [2.05, 4.69) is 0 Å². The van der Waals surface area contributed by atoms with Crippen molar-refractivity contribution in [1.29, 1.82) is 0 Å². The lowest BCUT2D eigenvalue weighted by Crippen LogP contribution is -2.39. The third-order valence-electron chi connectivity index (χ3n) is 4.75. The first-order valence-electron chi connectivity index (χ1n) is 8.49. The fourth-order valence-corrected chi connectivity index (χ4v) is 3.44. The van der Waals surface area contributed by atoms with Gasteiger partial charge < -0.3 is 14.6 Å². The van der Waals surface area contributed by atoms with Gasteiger partial charge in [0.25, 0.3) is 0 Å². The van der Waals surface area contributed by atoms with E-state index in [0.717, 1.165) is 11.3 Å². The molecule has 1 aromatic carbocycles. The van der Waals surface area contributed by atoms with Crippen molar-refractivity contribution < 1.29 is 24.2 Å². The summed E-state index contributed by atoms with van der Waals surface area (Å²) in [5.74, 6) is -0.164. The molecule has 134 valence electrons. The van der Waals surface area contributed by atoms with Gasteiger partial charge in [0.1, 0.15) is 5.75 Å². The Morgan fingerprint density at radius 2 is 1.80 bits per heavy atom. The maximum absolute atomic E-state index is 12.4. The van der Waals surface area contributed by atoms with Crippen molar-refractivity contribution in [2.45, 2.75) is 25.6 Å². The van der Waals surface area contributed by atoms with E-state index in [1.54, 1.807) is 7.11 Å². The minimum Gasteiger partial charge on any atom is -0.496 e. The van der Waals surface area contributed by atoms with Crippen LogP contribution in [0.15, 0.2) is 36.4 Å². The fraction of sp³-hybridized carbons (Fsp3) is 0.474. The molecule has 2 amide bonds. The lowest BCUT2D eigenvalue weighted by molar-refractivity contribution is -0.142. The van der Waals surface area contributed by atoms with Crippen molar-refractivity contribution in [2.24, 2.45) is 11.8 Å². The summed E-state index contributed by atoms with van der Waals surface area (Å²) >= 11 is 0. The molecule has 2 aliphatic rings. The van der Waals surface area contributed by atoms with Gasteiger partial charge in [-0.25, -0.2) is 0 Å². The van der Waals surface area contributed by atoms with Crippen LogP contribution in [0, 0.1) is 11.8 Å². The van der Waals surface area contributed by atoms with E-state index in [1.807, 2.05) is 36.4 Å². The predicted octanol–water partition coefficient (Wildman–Crippen LogP) is 1.52. The summed E-state index contributed by atoms with van der Waals surface area (Å²) in [6.45, 7) is 0.317. The highest BCUT2D eigenvalue weighted by Crippen LogP contribution is 2.35. The van der Waals surface area contributed by atoms with Crippen LogP contribution in [0.4, 0.5) is 0 Å². The van der Waals surface area contributed by atoms with Gasteiger partial charge in [-0.1, -0.05) is 30.4 Å². The molecule has 0 radical (unpaired) electrons. The number of para-hydroxylation sites is 1. The number of fused-ring (bicyclic) bond motifs is 1. The molecule has 6 heteroatoms. The monoisotopic (exact) mass is 345 g/mol. The predicted molar refractivity (Wildman–Crippen MR) is 90.7 cm³/mol.